The number of aromatic nitrogens is 1. The molecule has 2 amide bonds. The lowest BCUT2D eigenvalue weighted by atomic mass is 10.1. The molecule has 17 heavy (non-hydrogen) atoms. The van der Waals surface area contributed by atoms with Crippen molar-refractivity contribution in [2.75, 3.05) is 0 Å². The van der Waals surface area contributed by atoms with Crippen molar-refractivity contribution in [1.82, 2.24) is 10.3 Å². The van der Waals surface area contributed by atoms with Crippen molar-refractivity contribution in [3.8, 4) is 0 Å². The van der Waals surface area contributed by atoms with Gasteiger partial charge in [-0.2, -0.15) is 0 Å². The summed E-state index contributed by atoms with van der Waals surface area (Å²) < 4.78 is 4.90. The number of imide groups is 1. The lowest BCUT2D eigenvalue weighted by molar-refractivity contribution is -0.123. The monoisotopic (exact) mass is 250 g/mol. The second kappa shape index (κ2) is 3.49. The molecule has 2 heterocycles. The largest absolute Gasteiger partial charge is 0.431 e. The minimum absolute atomic E-state index is 0.476. The maximum Gasteiger partial charge on any atom is 0.415 e. The van der Waals surface area contributed by atoms with Gasteiger partial charge in [-0.15, -0.1) is 0 Å². The zero-order chi connectivity index (χ0) is 12.0. The fourth-order valence-electron chi connectivity index (χ4n) is 1.93. The van der Waals surface area contributed by atoms with Crippen LogP contribution in [0.15, 0.2) is 24.4 Å². The van der Waals surface area contributed by atoms with Gasteiger partial charge < -0.3 is 9.72 Å². The highest BCUT2D eigenvalue weighted by atomic mass is 35.5. The third-order valence-corrected chi connectivity index (χ3v) is 2.97. The molecule has 2 aromatic rings. The van der Waals surface area contributed by atoms with Gasteiger partial charge in [0.2, 0.25) is 6.10 Å². The Balaban J connectivity index is 2.18. The zero-order valence-electron chi connectivity index (χ0n) is 8.49. The van der Waals surface area contributed by atoms with E-state index in [4.69, 9.17) is 16.3 Å². The van der Waals surface area contributed by atoms with Crippen LogP contribution in [0.1, 0.15) is 11.7 Å². The van der Waals surface area contributed by atoms with E-state index in [9.17, 15) is 9.59 Å². The number of carbonyl (C=O) groups is 2. The summed E-state index contributed by atoms with van der Waals surface area (Å²) in [6.45, 7) is 0. The number of H-pyrrole nitrogens is 1. The van der Waals surface area contributed by atoms with Gasteiger partial charge >= 0.3 is 6.09 Å². The summed E-state index contributed by atoms with van der Waals surface area (Å²) in [5.74, 6) is -0.476. The van der Waals surface area contributed by atoms with Crippen LogP contribution in [0.2, 0.25) is 5.02 Å². The molecular formula is C11H7ClN2O3. The molecule has 1 aliphatic heterocycles. The Morgan fingerprint density at radius 1 is 1.29 bits per heavy atom. The summed E-state index contributed by atoms with van der Waals surface area (Å²) in [5, 5.41) is 3.29. The van der Waals surface area contributed by atoms with Crippen molar-refractivity contribution in [1.29, 1.82) is 0 Å². The minimum atomic E-state index is -0.934. The summed E-state index contributed by atoms with van der Waals surface area (Å²) >= 11 is 6.07. The van der Waals surface area contributed by atoms with E-state index < -0.39 is 18.1 Å². The lowest BCUT2D eigenvalue weighted by Crippen LogP contribution is -2.20. The molecule has 1 aromatic carbocycles. The number of fused-ring (bicyclic) bond motifs is 1. The number of nitrogens with one attached hydrogen (secondary N) is 2. The minimum Gasteiger partial charge on any atom is -0.431 e. The first-order chi connectivity index (χ1) is 8.16. The van der Waals surface area contributed by atoms with Gasteiger partial charge in [0.1, 0.15) is 0 Å². The summed E-state index contributed by atoms with van der Waals surface area (Å²) in [7, 11) is 0. The van der Waals surface area contributed by atoms with Crippen LogP contribution >= 0.6 is 11.6 Å². The van der Waals surface area contributed by atoms with E-state index in [1.54, 1.807) is 18.3 Å². The van der Waals surface area contributed by atoms with E-state index in [-0.39, 0.29) is 0 Å². The molecule has 1 atom stereocenters. The van der Waals surface area contributed by atoms with Crippen LogP contribution in [0, 0.1) is 0 Å². The number of benzene rings is 1. The summed E-state index contributed by atoms with van der Waals surface area (Å²) in [6, 6.07) is 5.35. The number of carbonyl (C=O) groups excluding carboxylic acids is 2. The van der Waals surface area contributed by atoms with Gasteiger partial charge in [-0.25, -0.2) is 4.79 Å². The number of rotatable bonds is 1. The molecule has 0 radical (unpaired) electrons. The molecule has 6 heteroatoms. The van der Waals surface area contributed by atoms with Crippen LogP contribution in [0.3, 0.4) is 0 Å². The number of alkyl carbamates (subject to hydrolysis) is 1. The molecule has 0 aliphatic carbocycles. The summed E-state index contributed by atoms with van der Waals surface area (Å²) in [6.07, 6.45) is -0.0445. The molecule has 0 spiro atoms. The van der Waals surface area contributed by atoms with Crippen LogP contribution in [-0.4, -0.2) is 17.0 Å². The third-order valence-electron chi connectivity index (χ3n) is 2.66. The maximum atomic E-state index is 11.5. The third kappa shape index (κ3) is 1.47. The zero-order valence-corrected chi connectivity index (χ0v) is 9.25. The second-order valence-corrected chi connectivity index (χ2v) is 4.09. The van der Waals surface area contributed by atoms with Crippen molar-refractivity contribution in [3.05, 3.63) is 35.0 Å². The first kappa shape index (κ1) is 10.2. The number of ether oxygens (including phenoxy) is 1. The van der Waals surface area contributed by atoms with Gasteiger partial charge in [-0.1, -0.05) is 17.7 Å². The van der Waals surface area contributed by atoms with Crippen molar-refractivity contribution < 1.29 is 14.3 Å². The van der Waals surface area contributed by atoms with Gasteiger partial charge in [-0.05, 0) is 12.1 Å². The van der Waals surface area contributed by atoms with Crippen LogP contribution in [0.5, 0.6) is 0 Å². The highest BCUT2D eigenvalue weighted by Gasteiger charge is 2.35. The van der Waals surface area contributed by atoms with E-state index in [0.717, 1.165) is 5.52 Å². The van der Waals surface area contributed by atoms with E-state index in [1.165, 1.54) is 0 Å². The molecule has 1 aromatic heterocycles. The van der Waals surface area contributed by atoms with E-state index in [1.807, 2.05) is 6.07 Å². The van der Waals surface area contributed by atoms with Gasteiger partial charge in [0.25, 0.3) is 5.91 Å². The average Bonchev–Trinajstić information content (AvgIpc) is 2.83. The quantitative estimate of drug-likeness (QED) is 0.814. The number of amides is 2. The van der Waals surface area contributed by atoms with Gasteiger partial charge in [0.05, 0.1) is 5.02 Å². The normalized spacial score (nSPS) is 19.5. The predicted octanol–water partition coefficient (Wildman–Crippen LogP) is 2.13. The van der Waals surface area contributed by atoms with Gasteiger partial charge in [0, 0.05) is 22.7 Å². The molecule has 5 nitrogen and oxygen atoms in total. The number of halogens is 1. The average molecular weight is 251 g/mol. The van der Waals surface area contributed by atoms with Crippen LogP contribution in [0.4, 0.5) is 4.79 Å². The standard InChI is InChI=1S/C11H7ClN2O3/c12-6-2-1-3-7-8(6)5(4-13-7)9-10(15)14-11(16)17-9/h1-4,9,13H,(H,14,15,16). The molecule has 2 N–H and O–H groups in total. The molecular weight excluding hydrogens is 244 g/mol. The molecule has 1 aliphatic rings. The second-order valence-electron chi connectivity index (χ2n) is 3.68. The van der Waals surface area contributed by atoms with Gasteiger partial charge in [-0.3, -0.25) is 10.1 Å². The highest BCUT2D eigenvalue weighted by molar-refractivity contribution is 6.35. The summed E-state index contributed by atoms with van der Waals surface area (Å²) in [5.41, 5.74) is 1.36. The van der Waals surface area contributed by atoms with E-state index in [0.29, 0.717) is 16.0 Å². The molecule has 0 bridgehead atoms. The molecule has 1 unspecified atom stereocenters. The van der Waals surface area contributed by atoms with Crippen molar-refractivity contribution in [3.63, 3.8) is 0 Å². The van der Waals surface area contributed by atoms with Crippen molar-refractivity contribution in [2.24, 2.45) is 0 Å². The van der Waals surface area contributed by atoms with Crippen molar-refractivity contribution in [2.45, 2.75) is 6.10 Å². The topological polar surface area (TPSA) is 71.2 Å². The Kier molecular flexibility index (Phi) is 2.09. The van der Waals surface area contributed by atoms with Crippen LogP contribution < -0.4 is 5.32 Å². The van der Waals surface area contributed by atoms with E-state index in [2.05, 4.69) is 10.3 Å². The lowest BCUT2D eigenvalue weighted by Gasteiger charge is -2.05. The molecule has 1 fully saturated rings. The Hall–Kier alpha value is -2.01. The fraction of sp³-hybridized carbons (Fsp3) is 0.0909. The van der Waals surface area contributed by atoms with Gasteiger partial charge in [0.15, 0.2) is 0 Å². The number of hydrogen-bond acceptors (Lipinski definition) is 3. The first-order valence-electron chi connectivity index (χ1n) is 4.94. The maximum absolute atomic E-state index is 11.5. The van der Waals surface area contributed by atoms with Crippen LogP contribution in [-0.2, 0) is 9.53 Å². The Morgan fingerprint density at radius 2 is 2.12 bits per heavy atom. The first-order valence-corrected chi connectivity index (χ1v) is 5.31. The van der Waals surface area contributed by atoms with E-state index >= 15 is 0 Å². The Labute approximate surface area is 101 Å². The predicted molar refractivity (Wildman–Crippen MR) is 60.7 cm³/mol. The highest BCUT2D eigenvalue weighted by Crippen LogP contribution is 2.33. The molecule has 0 saturated carbocycles. The van der Waals surface area contributed by atoms with Crippen LogP contribution in [0.25, 0.3) is 10.9 Å². The molecule has 86 valence electrons. The van der Waals surface area contributed by atoms with Crippen molar-refractivity contribution >= 4 is 34.5 Å². The SMILES string of the molecule is O=C1NC(=O)C(c2c[nH]c3cccc(Cl)c23)O1. The number of cyclic esters (lactones) is 1. The Bertz CT molecular complexity index is 635. The number of hydrogen-bond donors (Lipinski definition) is 2. The summed E-state index contributed by atoms with van der Waals surface area (Å²) in [4.78, 5) is 25.5. The molecule has 1 saturated heterocycles. The molecule has 3 rings (SSSR count). The number of aromatic amines is 1. The Morgan fingerprint density at radius 3 is 2.82 bits per heavy atom. The fourth-order valence-corrected chi connectivity index (χ4v) is 2.22. The smallest absolute Gasteiger partial charge is 0.415 e.